The van der Waals surface area contributed by atoms with Crippen LogP contribution in [0.15, 0.2) is 53.4 Å². The van der Waals surface area contributed by atoms with Crippen LogP contribution in [0.4, 0.5) is 18.9 Å². The monoisotopic (exact) mass is 353 g/mol. The summed E-state index contributed by atoms with van der Waals surface area (Å²) in [6.45, 7) is 1.46. The summed E-state index contributed by atoms with van der Waals surface area (Å²) in [6, 6.07) is 11.0. The molecular weight excluding hydrogens is 339 g/mol. The maximum atomic E-state index is 12.5. The number of anilines is 1. The number of Topliss-reactive ketones (excluding diaryl/α,β-unsaturated/α-hetero) is 1. The molecule has 0 atom stereocenters. The highest BCUT2D eigenvalue weighted by atomic mass is 32.2. The van der Waals surface area contributed by atoms with Crippen molar-refractivity contribution in [2.45, 2.75) is 18.0 Å². The number of rotatable bonds is 5. The number of carbonyl (C=O) groups is 2. The minimum Gasteiger partial charge on any atom is -0.322 e. The van der Waals surface area contributed by atoms with E-state index in [0.717, 1.165) is 12.1 Å². The lowest BCUT2D eigenvalue weighted by Gasteiger charge is -2.11. The summed E-state index contributed by atoms with van der Waals surface area (Å²) < 4.78 is 37.6. The number of thioether (sulfide) groups is 1. The fourth-order valence-electron chi connectivity index (χ4n) is 1.90. The normalized spacial score (nSPS) is 11.2. The third kappa shape index (κ3) is 4.86. The Morgan fingerprint density at radius 3 is 2.25 bits per heavy atom. The average Bonchev–Trinajstić information content (AvgIpc) is 2.52. The molecule has 0 spiro atoms. The highest BCUT2D eigenvalue weighted by Gasteiger charge is 2.30. The number of halogens is 3. The van der Waals surface area contributed by atoms with Crippen LogP contribution >= 0.6 is 11.8 Å². The van der Waals surface area contributed by atoms with E-state index in [2.05, 4.69) is 5.32 Å². The lowest BCUT2D eigenvalue weighted by atomic mass is 10.1. The van der Waals surface area contributed by atoms with Crippen molar-refractivity contribution in [1.82, 2.24) is 0 Å². The number of amides is 1. The first-order chi connectivity index (χ1) is 11.3. The first-order valence-electron chi connectivity index (χ1n) is 6.97. The molecule has 0 saturated carbocycles. The summed E-state index contributed by atoms with van der Waals surface area (Å²) in [7, 11) is 0. The fraction of sp³-hybridized carbons (Fsp3) is 0.176. The van der Waals surface area contributed by atoms with Crippen molar-refractivity contribution in [3.05, 3.63) is 59.7 Å². The van der Waals surface area contributed by atoms with Crippen molar-refractivity contribution < 1.29 is 22.8 Å². The SMILES string of the molecule is CC(=O)CSc1ccccc1C(=O)Nc1ccc(C(F)(F)F)cc1. The van der Waals surface area contributed by atoms with Crippen LogP contribution in [-0.2, 0) is 11.0 Å². The molecule has 1 N–H and O–H groups in total. The molecular formula is C17H14F3NO2S. The third-order valence-corrected chi connectivity index (χ3v) is 4.25. The zero-order valence-corrected chi connectivity index (χ0v) is 13.5. The van der Waals surface area contributed by atoms with E-state index in [1.807, 2.05) is 0 Å². The molecule has 126 valence electrons. The van der Waals surface area contributed by atoms with E-state index in [-0.39, 0.29) is 17.2 Å². The van der Waals surface area contributed by atoms with Crippen LogP contribution in [0.5, 0.6) is 0 Å². The van der Waals surface area contributed by atoms with Gasteiger partial charge in [0, 0.05) is 10.6 Å². The molecule has 2 aromatic rings. The van der Waals surface area contributed by atoms with Gasteiger partial charge in [-0.1, -0.05) is 12.1 Å². The van der Waals surface area contributed by atoms with Gasteiger partial charge in [0.25, 0.3) is 5.91 Å². The summed E-state index contributed by atoms with van der Waals surface area (Å²) >= 11 is 1.24. The van der Waals surface area contributed by atoms with E-state index in [4.69, 9.17) is 0 Å². The molecule has 0 aromatic heterocycles. The molecule has 0 heterocycles. The smallest absolute Gasteiger partial charge is 0.322 e. The van der Waals surface area contributed by atoms with Gasteiger partial charge < -0.3 is 5.32 Å². The van der Waals surface area contributed by atoms with Crippen LogP contribution in [0, 0.1) is 0 Å². The maximum Gasteiger partial charge on any atom is 0.416 e. The van der Waals surface area contributed by atoms with Crippen LogP contribution < -0.4 is 5.32 Å². The van der Waals surface area contributed by atoms with Gasteiger partial charge in [0.05, 0.1) is 16.9 Å². The molecule has 0 aliphatic carbocycles. The largest absolute Gasteiger partial charge is 0.416 e. The Hall–Kier alpha value is -2.28. The van der Waals surface area contributed by atoms with E-state index in [0.29, 0.717) is 10.5 Å². The van der Waals surface area contributed by atoms with E-state index in [1.165, 1.54) is 30.8 Å². The van der Waals surface area contributed by atoms with Gasteiger partial charge in [-0.05, 0) is 43.3 Å². The molecule has 2 rings (SSSR count). The van der Waals surface area contributed by atoms with Crippen LogP contribution in [-0.4, -0.2) is 17.4 Å². The second kappa shape index (κ2) is 7.53. The van der Waals surface area contributed by atoms with Crippen molar-refractivity contribution in [2.75, 3.05) is 11.1 Å². The van der Waals surface area contributed by atoms with Crippen molar-refractivity contribution in [3.63, 3.8) is 0 Å². The van der Waals surface area contributed by atoms with Gasteiger partial charge in [0.15, 0.2) is 0 Å². The maximum absolute atomic E-state index is 12.5. The number of benzene rings is 2. The van der Waals surface area contributed by atoms with Crippen molar-refractivity contribution in [1.29, 1.82) is 0 Å². The molecule has 24 heavy (non-hydrogen) atoms. The molecule has 7 heteroatoms. The van der Waals surface area contributed by atoms with E-state index < -0.39 is 17.6 Å². The first kappa shape index (κ1) is 18.1. The number of carbonyl (C=O) groups excluding carboxylic acids is 2. The molecule has 1 amide bonds. The highest BCUT2D eigenvalue weighted by Crippen LogP contribution is 2.30. The number of nitrogens with one attached hydrogen (secondary N) is 1. The summed E-state index contributed by atoms with van der Waals surface area (Å²) in [5, 5.41) is 2.56. The van der Waals surface area contributed by atoms with Crippen LogP contribution in [0.2, 0.25) is 0 Å². The molecule has 0 aliphatic heterocycles. The lowest BCUT2D eigenvalue weighted by molar-refractivity contribution is -0.137. The zero-order chi connectivity index (χ0) is 17.7. The molecule has 0 radical (unpaired) electrons. The van der Waals surface area contributed by atoms with E-state index in [1.54, 1.807) is 24.3 Å². The molecule has 0 aliphatic rings. The van der Waals surface area contributed by atoms with Crippen LogP contribution in [0.3, 0.4) is 0 Å². The van der Waals surface area contributed by atoms with E-state index >= 15 is 0 Å². The minimum atomic E-state index is -4.42. The Labute approximate surface area is 141 Å². The first-order valence-corrected chi connectivity index (χ1v) is 7.96. The van der Waals surface area contributed by atoms with Crippen molar-refractivity contribution >= 4 is 29.1 Å². The third-order valence-electron chi connectivity index (χ3n) is 3.03. The second-order valence-corrected chi connectivity index (χ2v) is 6.03. The van der Waals surface area contributed by atoms with Crippen molar-refractivity contribution in [3.8, 4) is 0 Å². The van der Waals surface area contributed by atoms with Gasteiger partial charge in [-0.3, -0.25) is 9.59 Å². The fourth-order valence-corrected chi connectivity index (χ4v) is 2.75. The molecule has 0 unspecified atom stereocenters. The van der Waals surface area contributed by atoms with Crippen LogP contribution in [0.25, 0.3) is 0 Å². The summed E-state index contributed by atoms with van der Waals surface area (Å²) in [5.41, 5.74) is -0.152. The highest BCUT2D eigenvalue weighted by molar-refractivity contribution is 8.00. The lowest BCUT2D eigenvalue weighted by Crippen LogP contribution is -2.13. The predicted octanol–water partition coefficient (Wildman–Crippen LogP) is 4.64. The minimum absolute atomic E-state index is 0.0158. The summed E-state index contributed by atoms with van der Waals surface area (Å²) in [4.78, 5) is 24.1. The quantitative estimate of drug-likeness (QED) is 0.797. The van der Waals surface area contributed by atoms with Gasteiger partial charge in [-0.25, -0.2) is 0 Å². The van der Waals surface area contributed by atoms with Gasteiger partial charge in [0.1, 0.15) is 5.78 Å². The summed E-state index contributed by atoms with van der Waals surface area (Å²) in [5.74, 6) is -0.218. The standard InChI is InChI=1S/C17H14F3NO2S/c1-11(22)10-24-15-5-3-2-4-14(15)16(23)21-13-8-6-12(7-9-13)17(18,19)20/h2-9H,10H2,1H3,(H,21,23). The van der Waals surface area contributed by atoms with Crippen molar-refractivity contribution in [2.24, 2.45) is 0 Å². The van der Waals surface area contributed by atoms with Gasteiger partial charge in [-0.15, -0.1) is 11.8 Å². The number of hydrogen-bond acceptors (Lipinski definition) is 3. The second-order valence-electron chi connectivity index (χ2n) is 5.02. The predicted molar refractivity (Wildman–Crippen MR) is 87.2 cm³/mol. The van der Waals surface area contributed by atoms with Gasteiger partial charge >= 0.3 is 6.18 Å². The Kier molecular flexibility index (Phi) is 5.66. The molecule has 0 bridgehead atoms. The van der Waals surface area contributed by atoms with Crippen LogP contribution in [0.1, 0.15) is 22.8 Å². The zero-order valence-electron chi connectivity index (χ0n) is 12.7. The van der Waals surface area contributed by atoms with E-state index in [9.17, 15) is 22.8 Å². The topological polar surface area (TPSA) is 46.2 Å². The Bertz CT molecular complexity index is 742. The summed E-state index contributed by atoms with van der Waals surface area (Å²) in [6.07, 6.45) is -4.42. The van der Waals surface area contributed by atoms with Gasteiger partial charge in [0.2, 0.25) is 0 Å². The molecule has 0 fully saturated rings. The number of ketones is 1. The Morgan fingerprint density at radius 2 is 1.67 bits per heavy atom. The molecule has 3 nitrogen and oxygen atoms in total. The van der Waals surface area contributed by atoms with Gasteiger partial charge in [-0.2, -0.15) is 13.2 Å². The number of alkyl halides is 3. The number of hydrogen-bond donors (Lipinski definition) is 1. The molecule has 0 saturated heterocycles. The average molecular weight is 353 g/mol. The Morgan fingerprint density at radius 1 is 1.04 bits per heavy atom. The molecule has 2 aromatic carbocycles. The Balaban J connectivity index is 2.14.